The molecule has 3 aromatic rings. The number of hydrogen-bond donors (Lipinski definition) is 1. The third-order valence-electron chi connectivity index (χ3n) is 4.21. The lowest BCUT2D eigenvalue weighted by molar-refractivity contribution is 0.657. The first-order valence-electron chi connectivity index (χ1n) is 7.42. The maximum absolute atomic E-state index is 12.2. The second kappa shape index (κ2) is 4.85. The molecule has 21 heavy (non-hydrogen) atoms. The Hall–Kier alpha value is -2.42. The van der Waals surface area contributed by atoms with Crippen LogP contribution in [-0.2, 0) is 12.8 Å². The van der Waals surface area contributed by atoms with Crippen LogP contribution < -0.4 is 5.56 Å². The third kappa shape index (κ3) is 2.15. The molecule has 1 heterocycles. The lowest BCUT2D eigenvalue weighted by atomic mass is 9.97. The first-order chi connectivity index (χ1) is 10.3. The quantitative estimate of drug-likeness (QED) is 0.739. The van der Waals surface area contributed by atoms with Gasteiger partial charge in [0, 0.05) is 11.1 Å². The summed E-state index contributed by atoms with van der Waals surface area (Å²) in [5.74, 6) is 0.686. The molecule has 1 aliphatic rings. The Morgan fingerprint density at radius 3 is 2.67 bits per heavy atom. The van der Waals surface area contributed by atoms with Crippen LogP contribution in [0.4, 0.5) is 0 Å². The van der Waals surface area contributed by atoms with Crippen molar-refractivity contribution in [1.82, 2.24) is 9.97 Å². The van der Waals surface area contributed by atoms with Gasteiger partial charge in [-0.05, 0) is 42.5 Å². The smallest absolute Gasteiger partial charge is 0.254 e. The lowest BCUT2D eigenvalue weighted by Gasteiger charge is -2.14. The maximum atomic E-state index is 12.2. The molecular weight excluding hydrogens is 260 g/mol. The zero-order valence-corrected chi connectivity index (χ0v) is 11.7. The molecule has 0 fully saturated rings. The van der Waals surface area contributed by atoms with Crippen molar-refractivity contribution < 1.29 is 0 Å². The molecule has 0 saturated carbocycles. The molecule has 3 nitrogen and oxygen atoms in total. The van der Waals surface area contributed by atoms with Crippen LogP contribution in [0.5, 0.6) is 0 Å². The highest BCUT2D eigenvalue weighted by Gasteiger charge is 2.16. The van der Waals surface area contributed by atoms with Crippen molar-refractivity contribution in [2.45, 2.75) is 25.7 Å². The number of hydrogen-bond acceptors (Lipinski definition) is 2. The van der Waals surface area contributed by atoms with Gasteiger partial charge >= 0.3 is 0 Å². The highest BCUT2D eigenvalue weighted by atomic mass is 16.1. The Bertz CT molecular complexity index is 880. The number of rotatable bonds is 1. The van der Waals surface area contributed by atoms with E-state index in [1.807, 2.05) is 18.2 Å². The summed E-state index contributed by atoms with van der Waals surface area (Å²) in [4.78, 5) is 19.9. The fourth-order valence-corrected chi connectivity index (χ4v) is 3.08. The molecule has 1 N–H and O–H groups in total. The summed E-state index contributed by atoms with van der Waals surface area (Å²) in [5, 5.41) is 2.36. The molecule has 2 aromatic carbocycles. The first kappa shape index (κ1) is 12.3. The van der Waals surface area contributed by atoms with E-state index in [1.165, 1.54) is 5.39 Å². The van der Waals surface area contributed by atoms with Crippen molar-refractivity contribution >= 4 is 10.8 Å². The lowest BCUT2D eigenvalue weighted by Crippen LogP contribution is -2.21. The zero-order chi connectivity index (χ0) is 14.2. The second-order valence-electron chi connectivity index (χ2n) is 5.61. The largest absolute Gasteiger partial charge is 0.306 e. The fourth-order valence-electron chi connectivity index (χ4n) is 3.08. The fraction of sp³-hybridized carbons (Fsp3) is 0.222. The summed E-state index contributed by atoms with van der Waals surface area (Å²) in [6, 6.07) is 14.4. The average Bonchev–Trinajstić information content (AvgIpc) is 2.54. The van der Waals surface area contributed by atoms with E-state index >= 15 is 0 Å². The molecule has 4 rings (SSSR count). The molecule has 3 heteroatoms. The van der Waals surface area contributed by atoms with Crippen LogP contribution in [0, 0.1) is 0 Å². The van der Waals surface area contributed by atoms with Crippen molar-refractivity contribution in [3.8, 4) is 11.4 Å². The molecule has 0 aliphatic heterocycles. The minimum absolute atomic E-state index is 0.0304. The molecule has 0 radical (unpaired) electrons. The summed E-state index contributed by atoms with van der Waals surface area (Å²) in [6.07, 6.45) is 3.99. The van der Waals surface area contributed by atoms with E-state index in [2.05, 4.69) is 29.2 Å². The summed E-state index contributed by atoms with van der Waals surface area (Å²) in [6.45, 7) is 0. The summed E-state index contributed by atoms with van der Waals surface area (Å²) >= 11 is 0. The van der Waals surface area contributed by atoms with Gasteiger partial charge < -0.3 is 4.98 Å². The molecule has 1 aliphatic carbocycles. The number of aromatic nitrogens is 2. The second-order valence-corrected chi connectivity index (χ2v) is 5.61. The summed E-state index contributed by atoms with van der Waals surface area (Å²) in [7, 11) is 0. The van der Waals surface area contributed by atoms with Crippen molar-refractivity contribution in [3.05, 3.63) is 64.1 Å². The van der Waals surface area contributed by atoms with Gasteiger partial charge in [-0.3, -0.25) is 4.79 Å². The maximum Gasteiger partial charge on any atom is 0.254 e. The molecule has 0 bridgehead atoms. The Labute approximate surface area is 122 Å². The van der Waals surface area contributed by atoms with Gasteiger partial charge in [0.1, 0.15) is 5.82 Å². The number of nitrogens with zero attached hydrogens (tertiary/aromatic N) is 1. The van der Waals surface area contributed by atoms with E-state index in [9.17, 15) is 4.79 Å². The van der Waals surface area contributed by atoms with Gasteiger partial charge in [0.15, 0.2) is 0 Å². The van der Waals surface area contributed by atoms with E-state index in [1.54, 1.807) is 0 Å². The van der Waals surface area contributed by atoms with Crippen LogP contribution in [0.1, 0.15) is 24.1 Å². The monoisotopic (exact) mass is 276 g/mol. The number of benzene rings is 2. The molecule has 0 spiro atoms. The standard InChI is InChI=1S/C18H16N2O/c21-18-15-7-3-4-8-16(15)19-17(20-18)14-10-9-12-5-1-2-6-13(12)11-14/h1-2,5-6,9-11H,3-4,7-8H2,(H,19,20,21). The zero-order valence-electron chi connectivity index (χ0n) is 11.7. The van der Waals surface area contributed by atoms with Crippen LogP contribution in [0.3, 0.4) is 0 Å². The van der Waals surface area contributed by atoms with E-state index in [0.29, 0.717) is 5.82 Å². The van der Waals surface area contributed by atoms with Gasteiger partial charge in [-0.2, -0.15) is 0 Å². The van der Waals surface area contributed by atoms with Gasteiger partial charge in [-0.15, -0.1) is 0 Å². The van der Waals surface area contributed by atoms with E-state index in [4.69, 9.17) is 4.98 Å². The minimum atomic E-state index is 0.0304. The highest BCUT2D eigenvalue weighted by molar-refractivity contribution is 5.86. The number of fused-ring (bicyclic) bond motifs is 2. The van der Waals surface area contributed by atoms with Crippen molar-refractivity contribution in [2.24, 2.45) is 0 Å². The third-order valence-corrected chi connectivity index (χ3v) is 4.21. The van der Waals surface area contributed by atoms with Crippen LogP contribution in [-0.4, -0.2) is 9.97 Å². The molecule has 1 aromatic heterocycles. The Kier molecular flexibility index (Phi) is 2.85. The van der Waals surface area contributed by atoms with Crippen LogP contribution >= 0.6 is 0 Å². The van der Waals surface area contributed by atoms with Crippen LogP contribution in [0.2, 0.25) is 0 Å². The highest BCUT2D eigenvalue weighted by Crippen LogP contribution is 2.23. The van der Waals surface area contributed by atoms with Crippen LogP contribution in [0.25, 0.3) is 22.2 Å². The molecule has 0 atom stereocenters. The molecule has 0 saturated heterocycles. The molecule has 104 valence electrons. The van der Waals surface area contributed by atoms with Gasteiger partial charge in [-0.1, -0.05) is 36.4 Å². The van der Waals surface area contributed by atoms with E-state index in [-0.39, 0.29) is 5.56 Å². The van der Waals surface area contributed by atoms with Gasteiger partial charge in [0.05, 0.1) is 5.69 Å². The molecule has 0 unspecified atom stereocenters. The van der Waals surface area contributed by atoms with Crippen molar-refractivity contribution in [2.75, 3.05) is 0 Å². The summed E-state index contributed by atoms with van der Waals surface area (Å²) < 4.78 is 0. The minimum Gasteiger partial charge on any atom is -0.306 e. The molecular formula is C18H16N2O. The number of H-pyrrole nitrogens is 1. The van der Waals surface area contributed by atoms with Gasteiger partial charge in [0.25, 0.3) is 5.56 Å². The Morgan fingerprint density at radius 1 is 0.952 bits per heavy atom. The number of aryl methyl sites for hydroxylation is 1. The van der Waals surface area contributed by atoms with E-state index in [0.717, 1.165) is 47.9 Å². The predicted molar refractivity (Wildman–Crippen MR) is 84.4 cm³/mol. The normalized spacial score (nSPS) is 14.1. The van der Waals surface area contributed by atoms with Gasteiger partial charge in [-0.25, -0.2) is 4.98 Å². The topological polar surface area (TPSA) is 45.8 Å². The van der Waals surface area contributed by atoms with Gasteiger partial charge in [0.2, 0.25) is 0 Å². The Balaban J connectivity index is 1.88. The summed E-state index contributed by atoms with van der Waals surface area (Å²) in [5.41, 5.74) is 2.86. The van der Waals surface area contributed by atoms with E-state index < -0.39 is 0 Å². The van der Waals surface area contributed by atoms with Crippen LogP contribution in [0.15, 0.2) is 47.3 Å². The molecule has 0 amide bonds. The number of aromatic amines is 1. The SMILES string of the molecule is O=c1[nH]c(-c2ccc3ccccc3c2)nc2c1CCCC2. The van der Waals surface area contributed by atoms with Crippen molar-refractivity contribution in [1.29, 1.82) is 0 Å². The van der Waals surface area contributed by atoms with Crippen molar-refractivity contribution in [3.63, 3.8) is 0 Å². The average molecular weight is 276 g/mol. The number of nitrogens with one attached hydrogen (secondary N) is 1. The first-order valence-corrected chi connectivity index (χ1v) is 7.42. The predicted octanol–water partition coefficient (Wildman–Crippen LogP) is 3.47. The Morgan fingerprint density at radius 2 is 1.76 bits per heavy atom.